The molecule has 1 rings (SSSR count). The van der Waals surface area contributed by atoms with Crippen LogP contribution in [-0.2, 0) is 14.3 Å². The SMILES string of the molecule is CC1OC(OCCCCCCC(O)CC(=O)O)C(O)CC1O. The summed E-state index contributed by atoms with van der Waals surface area (Å²) in [6.45, 7) is 2.21. The summed E-state index contributed by atoms with van der Waals surface area (Å²) in [4.78, 5) is 10.4. The predicted molar refractivity (Wildman–Crippen MR) is 78.3 cm³/mol. The maximum Gasteiger partial charge on any atom is 0.305 e. The number of unbranched alkanes of at least 4 members (excludes halogenated alkanes) is 3. The molecule has 22 heavy (non-hydrogen) atoms. The molecule has 4 N–H and O–H groups in total. The predicted octanol–water partition coefficient (Wildman–Crippen LogP) is 0.646. The smallest absolute Gasteiger partial charge is 0.305 e. The van der Waals surface area contributed by atoms with E-state index >= 15 is 0 Å². The van der Waals surface area contributed by atoms with Crippen LogP contribution in [0.25, 0.3) is 0 Å². The van der Waals surface area contributed by atoms with Gasteiger partial charge in [-0.1, -0.05) is 19.3 Å². The standard InChI is InChI=1S/C15H28O7/c1-10-12(17)9-13(18)15(22-10)21-7-5-3-2-4-6-11(16)8-14(19)20/h10-13,15-18H,2-9H2,1H3,(H,19,20). The van der Waals surface area contributed by atoms with Crippen LogP contribution in [0, 0.1) is 0 Å². The van der Waals surface area contributed by atoms with Gasteiger partial charge in [0.05, 0.1) is 24.7 Å². The molecule has 1 fully saturated rings. The number of carboxylic acid groups (broad SMARTS) is 1. The van der Waals surface area contributed by atoms with E-state index in [1.807, 2.05) is 0 Å². The third kappa shape index (κ3) is 7.51. The van der Waals surface area contributed by atoms with Crippen LogP contribution in [-0.4, -0.2) is 63.7 Å². The van der Waals surface area contributed by atoms with Crippen molar-refractivity contribution in [2.24, 2.45) is 0 Å². The number of carboxylic acids is 1. The van der Waals surface area contributed by atoms with Crippen LogP contribution in [0.4, 0.5) is 0 Å². The first-order valence-corrected chi connectivity index (χ1v) is 7.93. The highest BCUT2D eigenvalue weighted by Crippen LogP contribution is 2.21. The largest absolute Gasteiger partial charge is 0.481 e. The lowest BCUT2D eigenvalue weighted by Crippen LogP contribution is -2.47. The zero-order valence-corrected chi connectivity index (χ0v) is 13.1. The van der Waals surface area contributed by atoms with Crippen LogP contribution < -0.4 is 0 Å². The fourth-order valence-corrected chi connectivity index (χ4v) is 2.43. The Labute approximate surface area is 130 Å². The van der Waals surface area contributed by atoms with Gasteiger partial charge < -0.3 is 29.9 Å². The number of carbonyl (C=O) groups is 1. The van der Waals surface area contributed by atoms with Gasteiger partial charge in [-0.05, 0) is 19.8 Å². The molecule has 0 saturated carbocycles. The molecule has 0 radical (unpaired) electrons. The van der Waals surface area contributed by atoms with Gasteiger partial charge >= 0.3 is 5.97 Å². The number of aliphatic hydroxyl groups is 3. The Kier molecular flexibility index (Phi) is 8.89. The van der Waals surface area contributed by atoms with Crippen molar-refractivity contribution in [3.63, 3.8) is 0 Å². The maximum absolute atomic E-state index is 10.4. The summed E-state index contributed by atoms with van der Waals surface area (Å²) in [6, 6.07) is 0. The molecule has 5 unspecified atom stereocenters. The number of rotatable bonds is 10. The Hall–Kier alpha value is -0.730. The maximum atomic E-state index is 10.4. The number of aliphatic carboxylic acids is 1. The van der Waals surface area contributed by atoms with Gasteiger partial charge in [0.2, 0.25) is 0 Å². The molecule has 1 aliphatic heterocycles. The van der Waals surface area contributed by atoms with Crippen LogP contribution in [0.1, 0.15) is 51.9 Å². The Morgan fingerprint density at radius 2 is 1.91 bits per heavy atom. The van der Waals surface area contributed by atoms with Gasteiger partial charge in [0, 0.05) is 13.0 Å². The second kappa shape index (κ2) is 10.1. The van der Waals surface area contributed by atoms with E-state index in [1.165, 1.54) is 0 Å². The van der Waals surface area contributed by atoms with E-state index in [1.54, 1.807) is 6.92 Å². The molecule has 0 aromatic heterocycles. The van der Waals surface area contributed by atoms with Gasteiger partial charge in [-0.25, -0.2) is 0 Å². The summed E-state index contributed by atoms with van der Waals surface area (Å²) in [5.74, 6) is -0.980. The minimum absolute atomic E-state index is 0.204. The molecule has 130 valence electrons. The van der Waals surface area contributed by atoms with Crippen molar-refractivity contribution in [3.8, 4) is 0 Å². The second-order valence-corrected chi connectivity index (χ2v) is 5.91. The number of hydrogen-bond acceptors (Lipinski definition) is 6. The van der Waals surface area contributed by atoms with Crippen LogP contribution in [0.5, 0.6) is 0 Å². The fourth-order valence-electron chi connectivity index (χ4n) is 2.43. The van der Waals surface area contributed by atoms with Gasteiger partial charge in [-0.15, -0.1) is 0 Å². The van der Waals surface area contributed by atoms with Crippen LogP contribution >= 0.6 is 0 Å². The number of aliphatic hydroxyl groups excluding tert-OH is 3. The Bertz CT molecular complexity index is 323. The van der Waals surface area contributed by atoms with Gasteiger partial charge in [-0.3, -0.25) is 4.79 Å². The molecular weight excluding hydrogens is 292 g/mol. The van der Waals surface area contributed by atoms with Crippen LogP contribution in [0.15, 0.2) is 0 Å². The first kappa shape index (κ1) is 19.3. The van der Waals surface area contributed by atoms with Gasteiger partial charge in [-0.2, -0.15) is 0 Å². The van der Waals surface area contributed by atoms with Crippen molar-refractivity contribution in [1.29, 1.82) is 0 Å². The second-order valence-electron chi connectivity index (χ2n) is 5.91. The van der Waals surface area contributed by atoms with E-state index in [-0.39, 0.29) is 18.9 Å². The lowest BCUT2D eigenvalue weighted by atomic mass is 10.0. The molecule has 0 spiro atoms. The van der Waals surface area contributed by atoms with Gasteiger partial charge in [0.1, 0.15) is 6.10 Å². The number of ether oxygens (including phenoxy) is 2. The lowest BCUT2D eigenvalue weighted by molar-refractivity contribution is -0.261. The minimum atomic E-state index is -0.980. The summed E-state index contributed by atoms with van der Waals surface area (Å²) in [5.41, 5.74) is 0. The van der Waals surface area contributed by atoms with Gasteiger partial charge in [0.25, 0.3) is 0 Å². The molecule has 0 bridgehead atoms. The first-order chi connectivity index (χ1) is 10.4. The van der Waals surface area contributed by atoms with Crippen molar-refractivity contribution in [1.82, 2.24) is 0 Å². The van der Waals surface area contributed by atoms with Crippen molar-refractivity contribution in [3.05, 3.63) is 0 Å². The van der Waals surface area contributed by atoms with Crippen molar-refractivity contribution in [2.45, 2.75) is 82.6 Å². The zero-order chi connectivity index (χ0) is 16.5. The van der Waals surface area contributed by atoms with Crippen molar-refractivity contribution >= 4 is 5.97 Å². The summed E-state index contributed by atoms with van der Waals surface area (Å²) in [5, 5.41) is 37.2. The minimum Gasteiger partial charge on any atom is -0.481 e. The van der Waals surface area contributed by atoms with E-state index in [0.29, 0.717) is 13.0 Å². The van der Waals surface area contributed by atoms with E-state index < -0.39 is 30.6 Å². The zero-order valence-electron chi connectivity index (χ0n) is 13.1. The molecule has 1 saturated heterocycles. The molecule has 0 aromatic rings. The van der Waals surface area contributed by atoms with E-state index in [2.05, 4.69) is 0 Å². The molecule has 1 aliphatic rings. The summed E-state index contributed by atoms with van der Waals surface area (Å²) < 4.78 is 10.9. The topological polar surface area (TPSA) is 116 Å². The molecular formula is C15H28O7. The van der Waals surface area contributed by atoms with Crippen molar-refractivity contribution in [2.75, 3.05) is 6.61 Å². The summed E-state index contributed by atoms with van der Waals surface area (Å²) in [7, 11) is 0. The quantitative estimate of drug-likeness (QED) is 0.437. The van der Waals surface area contributed by atoms with Crippen LogP contribution in [0.2, 0.25) is 0 Å². The third-order valence-corrected chi connectivity index (χ3v) is 3.81. The third-order valence-electron chi connectivity index (χ3n) is 3.81. The van der Waals surface area contributed by atoms with E-state index in [0.717, 1.165) is 25.7 Å². The lowest BCUT2D eigenvalue weighted by Gasteiger charge is -2.35. The molecule has 7 heteroatoms. The summed E-state index contributed by atoms with van der Waals surface area (Å²) >= 11 is 0. The Morgan fingerprint density at radius 3 is 2.59 bits per heavy atom. The Balaban J connectivity index is 2.00. The molecule has 0 amide bonds. The van der Waals surface area contributed by atoms with Gasteiger partial charge in [0.15, 0.2) is 6.29 Å². The van der Waals surface area contributed by atoms with E-state index in [9.17, 15) is 20.1 Å². The molecule has 1 heterocycles. The fraction of sp³-hybridized carbons (Fsp3) is 0.933. The molecule has 0 aliphatic carbocycles. The monoisotopic (exact) mass is 320 g/mol. The normalized spacial score (nSPS) is 30.2. The highest BCUT2D eigenvalue weighted by molar-refractivity contribution is 5.67. The average molecular weight is 320 g/mol. The molecule has 0 aromatic carbocycles. The molecule has 5 atom stereocenters. The highest BCUT2D eigenvalue weighted by atomic mass is 16.7. The highest BCUT2D eigenvalue weighted by Gasteiger charge is 2.34. The van der Waals surface area contributed by atoms with Crippen molar-refractivity contribution < 1.29 is 34.7 Å². The average Bonchev–Trinajstić information content (AvgIpc) is 2.42. The molecule has 7 nitrogen and oxygen atoms in total. The number of hydrogen-bond donors (Lipinski definition) is 4. The van der Waals surface area contributed by atoms with E-state index in [4.69, 9.17) is 14.6 Å². The first-order valence-electron chi connectivity index (χ1n) is 7.93. The van der Waals surface area contributed by atoms with Crippen LogP contribution in [0.3, 0.4) is 0 Å². The summed E-state index contributed by atoms with van der Waals surface area (Å²) in [6.07, 6.45) is 0.657. The Morgan fingerprint density at radius 1 is 1.23 bits per heavy atom.